The molecule has 0 saturated carbocycles. The number of halogens is 1. The van der Waals surface area contributed by atoms with Crippen molar-refractivity contribution in [1.82, 2.24) is 15.0 Å². The van der Waals surface area contributed by atoms with Crippen LogP contribution < -0.4 is 15.8 Å². The highest BCUT2D eigenvalue weighted by Crippen LogP contribution is 2.31. The molecule has 3 aromatic rings. The summed E-state index contributed by atoms with van der Waals surface area (Å²) >= 11 is 6.21. The van der Waals surface area contributed by atoms with Crippen molar-refractivity contribution >= 4 is 28.9 Å². The fourth-order valence-electron chi connectivity index (χ4n) is 2.02. The van der Waals surface area contributed by atoms with Gasteiger partial charge in [0.05, 0.1) is 23.1 Å². The summed E-state index contributed by atoms with van der Waals surface area (Å²) in [6, 6.07) is 8.13. The maximum Gasteiger partial charge on any atom is 0.276 e. The molecule has 8 heteroatoms. The molecule has 0 unspecified atom stereocenters. The second-order valence-corrected chi connectivity index (χ2v) is 5.52. The molecular weight excluding hydrogens is 342 g/mol. The Morgan fingerprint density at radius 1 is 1.20 bits per heavy atom. The number of anilines is 2. The first-order chi connectivity index (χ1) is 12.0. The van der Waals surface area contributed by atoms with Crippen molar-refractivity contribution in [2.24, 2.45) is 0 Å². The van der Waals surface area contributed by atoms with E-state index in [1.807, 2.05) is 0 Å². The van der Waals surface area contributed by atoms with Crippen LogP contribution in [0.3, 0.4) is 0 Å². The minimum absolute atomic E-state index is 0.149. The van der Waals surface area contributed by atoms with E-state index in [0.29, 0.717) is 33.7 Å². The molecule has 2 aromatic heterocycles. The number of aromatic nitrogens is 3. The van der Waals surface area contributed by atoms with Crippen molar-refractivity contribution in [1.29, 1.82) is 0 Å². The SMILES string of the molecule is Cc1ncc(Oc2ccc(NC(=O)c3ncccc3N)cc2Cl)cn1. The number of benzene rings is 1. The fourth-order valence-corrected chi connectivity index (χ4v) is 2.24. The summed E-state index contributed by atoms with van der Waals surface area (Å²) < 4.78 is 5.63. The van der Waals surface area contributed by atoms with E-state index in [0.717, 1.165) is 0 Å². The van der Waals surface area contributed by atoms with Crippen LogP contribution in [0.15, 0.2) is 48.9 Å². The zero-order valence-electron chi connectivity index (χ0n) is 13.2. The Labute approximate surface area is 148 Å². The summed E-state index contributed by atoms with van der Waals surface area (Å²) in [5.41, 5.74) is 6.68. The zero-order chi connectivity index (χ0) is 17.8. The fraction of sp³-hybridized carbons (Fsp3) is 0.0588. The van der Waals surface area contributed by atoms with Gasteiger partial charge in [0.25, 0.3) is 5.91 Å². The number of rotatable bonds is 4. The highest BCUT2D eigenvalue weighted by Gasteiger charge is 2.12. The Balaban J connectivity index is 1.74. The van der Waals surface area contributed by atoms with E-state index in [4.69, 9.17) is 22.1 Å². The van der Waals surface area contributed by atoms with Gasteiger partial charge in [0, 0.05) is 11.9 Å². The van der Waals surface area contributed by atoms with Crippen LogP contribution in [0.25, 0.3) is 0 Å². The maximum atomic E-state index is 12.2. The lowest BCUT2D eigenvalue weighted by Gasteiger charge is -2.10. The highest BCUT2D eigenvalue weighted by atomic mass is 35.5. The van der Waals surface area contributed by atoms with Gasteiger partial charge in [-0.1, -0.05) is 11.6 Å². The van der Waals surface area contributed by atoms with Gasteiger partial charge in [-0.05, 0) is 37.3 Å². The van der Waals surface area contributed by atoms with E-state index < -0.39 is 5.91 Å². The van der Waals surface area contributed by atoms with Crippen LogP contribution in [0, 0.1) is 6.92 Å². The van der Waals surface area contributed by atoms with Crippen molar-refractivity contribution < 1.29 is 9.53 Å². The molecule has 25 heavy (non-hydrogen) atoms. The number of nitrogen functional groups attached to an aromatic ring is 1. The lowest BCUT2D eigenvalue weighted by atomic mass is 10.2. The monoisotopic (exact) mass is 355 g/mol. The lowest BCUT2D eigenvalue weighted by Crippen LogP contribution is -2.15. The number of ether oxygens (including phenoxy) is 1. The molecule has 0 saturated heterocycles. The van der Waals surface area contributed by atoms with Crippen LogP contribution in [-0.2, 0) is 0 Å². The third-order valence-corrected chi connectivity index (χ3v) is 3.52. The molecule has 0 aliphatic carbocycles. The number of carbonyl (C=O) groups is 1. The molecule has 0 fully saturated rings. The van der Waals surface area contributed by atoms with Crippen molar-refractivity contribution in [2.75, 3.05) is 11.1 Å². The van der Waals surface area contributed by atoms with Crippen LogP contribution in [0.2, 0.25) is 5.02 Å². The number of nitrogens with one attached hydrogen (secondary N) is 1. The molecule has 1 amide bonds. The first kappa shape index (κ1) is 16.7. The first-order valence-corrected chi connectivity index (χ1v) is 7.68. The second kappa shape index (κ2) is 7.14. The molecule has 7 nitrogen and oxygen atoms in total. The number of hydrogen-bond acceptors (Lipinski definition) is 6. The Morgan fingerprint density at radius 2 is 1.96 bits per heavy atom. The predicted octanol–water partition coefficient (Wildman–Crippen LogP) is 3.46. The van der Waals surface area contributed by atoms with Crippen LogP contribution in [0.1, 0.15) is 16.3 Å². The topological polar surface area (TPSA) is 103 Å². The van der Waals surface area contributed by atoms with Gasteiger partial charge in [0.1, 0.15) is 11.6 Å². The van der Waals surface area contributed by atoms with Crippen LogP contribution >= 0.6 is 11.6 Å². The van der Waals surface area contributed by atoms with Crippen molar-refractivity contribution in [2.45, 2.75) is 6.92 Å². The maximum absolute atomic E-state index is 12.2. The standard InChI is InChI=1S/C17H14ClN5O2/c1-10-21-8-12(9-22-10)25-15-5-4-11(7-13(15)18)23-17(24)16-14(19)3-2-6-20-16/h2-9H,19H2,1H3,(H,23,24). The number of nitrogens with zero attached hydrogens (tertiary/aromatic N) is 3. The third-order valence-electron chi connectivity index (χ3n) is 3.23. The molecule has 0 aliphatic heterocycles. The molecular formula is C17H14ClN5O2. The molecule has 3 N–H and O–H groups in total. The van der Waals surface area contributed by atoms with Gasteiger partial charge in [-0.3, -0.25) is 4.79 Å². The lowest BCUT2D eigenvalue weighted by molar-refractivity contribution is 0.102. The molecule has 0 atom stereocenters. The average molecular weight is 356 g/mol. The summed E-state index contributed by atoms with van der Waals surface area (Å²) in [5, 5.41) is 3.02. The zero-order valence-corrected chi connectivity index (χ0v) is 14.0. The van der Waals surface area contributed by atoms with Gasteiger partial charge in [-0.2, -0.15) is 0 Å². The molecule has 0 spiro atoms. The summed E-state index contributed by atoms with van der Waals surface area (Å²) in [6.45, 7) is 1.78. The summed E-state index contributed by atoms with van der Waals surface area (Å²) in [6.07, 6.45) is 4.61. The van der Waals surface area contributed by atoms with Gasteiger partial charge in [-0.15, -0.1) is 0 Å². The first-order valence-electron chi connectivity index (χ1n) is 7.31. The summed E-state index contributed by atoms with van der Waals surface area (Å²) in [5.74, 6) is 1.11. The van der Waals surface area contributed by atoms with Gasteiger partial charge >= 0.3 is 0 Å². The molecule has 126 valence electrons. The number of amides is 1. The molecule has 0 aliphatic rings. The molecule has 1 aromatic carbocycles. The van der Waals surface area contributed by atoms with E-state index in [9.17, 15) is 4.79 Å². The normalized spacial score (nSPS) is 10.3. The van der Waals surface area contributed by atoms with Crippen LogP contribution in [0.4, 0.5) is 11.4 Å². The van der Waals surface area contributed by atoms with Crippen molar-refractivity contribution in [3.8, 4) is 11.5 Å². The van der Waals surface area contributed by atoms with Gasteiger partial charge < -0.3 is 15.8 Å². The van der Waals surface area contributed by atoms with E-state index in [1.54, 1.807) is 49.6 Å². The smallest absolute Gasteiger partial charge is 0.276 e. The van der Waals surface area contributed by atoms with E-state index >= 15 is 0 Å². The van der Waals surface area contributed by atoms with Gasteiger partial charge in [-0.25, -0.2) is 15.0 Å². The Bertz CT molecular complexity index is 915. The highest BCUT2D eigenvalue weighted by molar-refractivity contribution is 6.32. The van der Waals surface area contributed by atoms with Crippen molar-refractivity contribution in [3.63, 3.8) is 0 Å². The second-order valence-electron chi connectivity index (χ2n) is 5.11. The Kier molecular flexibility index (Phi) is 4.76. The van der Waals surface area contributed by atoms with Gasteiger partial charge in [0.2, 0.25) is 0 Å². The minimum atomic E-state index is -0.422. The number of carbonyl (C=O) groups excluding carboxylic acids is 1. The Hall–Kier alpha value is -3.19. The average Bonchev–Trinajstić information content (AvgIpc) is 2.59. The molecule has 3 rings (SSSR count). The van der Waals surface area contributed by atoms with E-state index in [1.165, 1.54) is 6.20 Å². The van der Waals surface area contributed by atoms with E-state index in [-0.39, 0.29) is 5.69 Å². The Morgan fingerprint density at radius 3 is 2.64 bits per heavy atom. The summed E-state index contributed by atoms with van der Waals surface area (Å²) in [4.78, 5) is 24.3. The molecule has 2 heterocycles. The van der Waals surface area contributed by atoms with Crippen LogP contribution in [0.5, 0.6) is 11.5 Å². The summed E-state index contributed by atoms with van der Waals surface area (Å²) in [7, 11) is 0. The number of hydrogen-bond donors (Lipinski definition) is 2. The quantitative estimate of drug-likeness (QED) is 0.742. The number of aryl methyl sites for hydroxylation is 1. The van der Waals surface area contributed by atoms with Crippen molar-refractivity contribution in [3.05, 3.63) is 65.5 Å². The molecule has 0 radical (unpaired) electrons. The third kappa shape index (κ3) is 4.02. The van der Waals surface area contributed by atoms with Crippen LogP contribution in [-0.4, -0.2) is 20.9 Å². The minimum Gasteiger partial charge on any atom is -0.453 e. The largest absolute Gasteiger partial charge is 0.453 e. The van der Waals surface area contributed by atoms with Gasteiger partial charge in [0.15, 0.2) is 11.4 Å². The molecule has 0 bridgehead atoms. The number of nitrogens with two attached hydrogens (primary N) is 1. The predicted molar refractivity (Wildman–Crippen MR) is 94.9 cm³/mol. The van der Waals surface area contributed by atoms with E-state index in [2.05, 4.69) is 20.3 Å². The number of pyridine rings is 1.